The zero-order valence-electron chi connectivity index (χ0n) is 12.2. The average molecular weight is 305 g/mol. The predicted molar refractivity (Wildman–Crippen MR) is 83.6 cm³/mol. The maximum absolute atomic E-state index is 11.2. The summed E-state index contributed by atoms with van der Waals surface area (Å²) in [5, 5.41) is 3.39. The van der Waals surface area contributed by atoms with Crippen molar-refractivity contribution >= 4 is 17.3 Å². The molecule has 0 unspecified atom stereocenters. The van der Waals surface area contributed by atoms with Crippen LogP contribution in [0.2, 0.25) is 0 Å². The highest BCUT2D eigenvalue weighted by Crippen LogP contribution is 2.18. The molecule has 2 aromatic rings. The maximum atomic E-state index is 11.2. The maximum Gasteiger partial charge on any atom is 0.310 e. The van der Waals surface area contributed by atoms with Crippen LogP contribution in [-0.4, -0.2) is 20.2 Å². The molecular formula is C16H19NO3S. The summed E-state index contributed by atoms with van der Waals surface area (Å²) in [5.74, 6) is 0.665. The fourth-order valence-electron chi connectivity index (χ4n) is 1.94. The molecule has 0 saturated heterocycles. The summed E-state index contributed by atoms with van der Waals surface area (Å²) in [6.45, 7) is 1.56. The summed E-state index contributed by atoms with van der Waals surface area (Å²) in [5.41, 5.74) is 1.18. The topological polar surface area (TPSA) is 47.6 Å². The van der Waals surface area contributed by atoms with Crippen molar-refractivity contribution in [2.75, 3.05) is 14.2 Å². The Kier molecular flexibility index (Phi) is 5.78. The zero-order valence-corrected chi connectivity index (χ0v) is 13.0. The molecule has 1 aromatic carbocycles. The first-order valence-corrected chi connectivity index (χ1v) is 7.51. The van der Waals surface area contributed by atoms with Gasteiger partial charge in [0.15, 0.2) is 0 Å². The molecule has 0 atom stereocenters. The third kappa shape index (κ3) is 4.88. The van der Waals surface area contributed by atoms with Gasteiger partial charge in [0, 0.05) is 22.8 Å². The summed E-state index contributed by atoms with van der Waals surface area (Å²) in [6.07, 6.45) is 0.344. The Bertz CT molecular complexity index is 595. The Hall–Kier alpha value is -1.85. The second-order valence-corrected chi connectivity index (χ2v) is 5.83. The van der Waals surface area contributed by atoms with E-state index in [0.29, 0.717) is 6.42 Å². The Morgan fingerprint density at radius 3 is 2.71 bits per heavy atom. The third-order valence-electron chi connectivity index (χ3n) is 3.03. The standard InChI is InChI=1S/C16H19NO3S/c1-19-13-5-3-4-12(8-13)10-17-11-15-7-6-14(21-15)9-16(18)20-2/h3-8,17H,9-11H2,1-2H3. The molecule has 4 nitrogen and oxygen atoms in total. The molecule has 112 valence electrons. The number of carbonyl (C=O) groups is 1. The van der Waals surface area contributed by atoms with E-state index in [1.54, 1.807) is 18.4 Å². The lowest BCUT2D eigenvalue weighted by molar-refractivity contribution is -0.139. The van der Waals surface area contributed by atoms with Crippen LogP contribution >= 0.6 is 11.3 Å². The van der Waals surface area contributed by atoms with Crippen LogP contribution in [0.15, 0.2) is 36.4 Å². The molecule has 0 fully saturated rings. The van der Waals surface area contributed by atoms with E-state index < -0.39 is 0 Å². The molecule has 21 heavy (non-hydrogen) atoms. The van der Waals surface area contributed by atoms with Crippen molar-refractivity contribution in [1.82, 2.24) is 5.32 Å². The summed E-state index contributed by atoms with van der Waals surface area (Å²) in [4.78, 5) is 13.4. The fraction of sp³-hybridized carbons (Fsp3) is 0.312. The molecule has 0 aliphatic heterocycles. The number of methoxy groups -OCH3 is 2. The molecule has 1 N–H and O–H groups in total. The van der Waals surface area contributed by atoms with Gasteiger partial charge in [-0.15, -0.1) is 11.3 Å². The first kappa shape index (κ1) is 15.5. The van der Waals surface area contributed by atoms with E-state index in [1.807, 2.05) is 30.3 Å². The van der Waals surface area contributed by atoms with Crippen molar-refractivity contribution in [3.63, 3.8) is 0 Å². The monoisotopic (exact) mass is 305 g/mol. The number of carbonyl (C=O) groups excluding carboxylic acids is 1. The van der Waals surface area contributed by atoms with Gasteiger partial charge in [0.25, 0.3) is 0 Å². The Morgan fingerprint density at radius 1 is 1.14 bits per heavy atom. The van der Waals surface area contributed by atoms with Gasteiger partial charge in [0.2, 0.25) is 0 Å². The molecule has 0 aliphatic carbocycles. The Morgan fingerprint density at radius 2 is 1.95 bits per heavy atom. The number of esters is 1. The molecule has 0 spiro atoms. The highest BCUT2D eigenvalue weighted by Gasteiger charge is 2.06. The smallest absolute Gasteiger partial charge is 0.310 e. The van der Waals surface area contributed by atoms with Crippen molar-refractivity contribution in [2.24, 2.45) is 0 Å². The molecular weight excluding hydrogens is 286 g/mol. The van der Waals surface area contributed by atoms with Gasteiger partial charge in [-0.2, -0.15) is 0 Å². The van der Waals surface area contributed by atoms with E-state index in [4.69, 9.17) is 4.74 Å². The quantitative estimate of drug-likeness (QED) is 0.799. The van der Waals surface area contributed by atoms with E-state index >= 15 is 0 Å². The number of ether oxygens (including phenoxy) is 2. The molecule has 0 aliphatic rings. The van der Waals surface area contributed by atoms with Crippen molar-refractivity contribution in [3.05, 3.63) is 51.7 Å². The van der Waals surface area contributed by atoms with Gasteiger partial charge in [-0.05, 0) is 29.8 Å². The lowest BCUT2D eigenvalue weighted by atomic mass is 10.2. The molecule has 2 rings (SSSR count). The molecule has 1 aromatic heterocycles. The van der Waals surface area contributed by atoms with Crippen LogP contribution in [0.25, 0.3) is 0 Å². The molecule has 0 radical (unpaired) electrons. The predicted octanol–water partition coefficient (Wildman–Crippen LogP) is 2.76. The normalized spacial score (nSPS) is 10.4. The van der Waals surface area contributed by atoms with Gasteiger partial charge >= 0.3 is 5.97 Å². The number of thiophene rings is 1. The summed E-state index contributed by atoms with van der Waals surface area (Å²) in [6, 6.07) is 12.0. The minimum atomic E-state index is -0.201. The lowest BCUT2D eigenvalue weighted by Gasteiger charge is -2.05. The van der Waals surface area contributed by atoms with E-state index in [-0.39, 0.29) is 5.97 Å². The van der Waals surface area contributed by atoms with Crippen LogP contribution in [0.3, 0.4) is 0 Å². The van der Waals surface area contributed by atoms with Crippen molar-refractivity contribution in [2.45, 2.75) is 19.5 Å². The highest BCUT2D eigenvalue weighted by molar-refractivity contribution is 7.12. The second-order valence-electron chi connectivity index (χ2n) is 4.58. The lowest BCUT2D eigenvalue weighted by Crippen LogP contribution is -2.11. The van der Waals surface area contributed by atoms with E-state index in [2.05, 4.69) is 16.1 Å². The number of benzene rings is 1. The summed E-state index contributed by atoms with van der Waals surface area (Å²) in [7, 11) is 3.08. The van der Waals surface area contributed by atoms with Crippen LogP contribution in [0.4, 0.5) is 0 Å². The van der Waals surface area contributed by atoms with Gasteiger partial charge in [0.05, 0.1) is 20.6 Å². The number of nitrogens with one attached hydrogen (secondary N) is 1. The minimum Gasteiger partial charge on any atom is -0.497 e. The van der Waals surface area contributed by atoms with Gasteiger partial charge in [0.1, 0.15) is 5.75 Å². The summed E-state index contributed by atoms with van der Waals surface area (Å²) >= 11 is 1.63. The van der Waals surface area contributed by atoms with Crippen molar-refractivity contribution in [3.8, 4) is 5.75 Å². The molecule has 1 heterocycles. The van der Waals surface area contributed by atoms with E-state index in [1.165, 1.54) is 17.6 Å². The molecule has 0 saturated carbocycles. The van der Waals surface area contributed by atoms with Gasteiger partial charge in [-0.1, -0.05) is 12.1 Å². The second kappa shape index (κ2) is 7.81. The largest absolute Gasteiger partial charge is 0.497 e. The molecule has 0 bridgehead atoms. The van der Waals surface area contributed by atoms with Crippen LogP contribution in [0.5, 0.6) is 5.75 Å². The molecule has 5 heteroatoms. The Labute approximate surface area is 128 Å². The van der Waals surface area contributed by atoms with Crippen molar-refractivity contribution < 1.29 is 14.3 Å². The van der Waals surface area contributed by atoms with Crippen LogP contribution in [0.1, 0.15) is 15.3 Å². The molecule has 0 amide bonds. The van der Waals surface area contributed by atoms with Crippen LogP contribution in [-0.2, 0) is 29.0 Å². The van der Waals surface area contributed by atoms with Crippen LogP contribution < -0.4 is 10.1 Å². The zero-order chi connectivity index (χ0) is 15.1. The van der Waals surface area contributed by atoms with Gasteiger partial charge < -0.3 is 14.8 Å². The van der Waals surface area contributed by atoms with Gasteiger partial charge in [-0.3, -0.25) is 4.79 Å². The summed E-state index contributed by atoms with van der Waals surface area (Å²) < 4.78 is 9.87. The van der Waals surface area contributed by atoms with Crippen LogP contribution in [0, 0.1) is 0 Å². The SMILES string of the molecule is COC(=O)Cc1ccc(CNCc2cccc(OC)c2)s1. The first-order valence-electron chi connectivity index (χ1n) is 6.69. The highest BCUT2D eigenvalue weighted by atomic mass is 32.1. The first-order chi connectivity index (χ1) is 10.2. The number of hydrogen-bond donors (Lipinski definition) is 1. The van der Waals surface area contributed by atoms with Crippen molar-refractivity contribution in [1.29, 1.82) is 0 Å². The number of rotatable bonds is 7. The minimum absolute atomic E-state index is 0.201. The Balaban J connectivity index is 1.81. The number of hydrogen-bond acceptors (Lipinski definition) is 5. The van der Waals surface area contributed by atoms with E-state index in [0.717, 1.165) is 23.7 Å². The fourth-order valence-corrected chi connectivity index (χ4v) is 2.91. The average Bonchev–Trinajstić information content (AvgIpc) is 2.94. The third-order valence-corrected chi connectivity index (χ3v) is 4.11. The van der Waals surface area contributed by atoms with E-state index in [9.17, 15) is 4.79 Å². The van der Waals surface area contributed by atoms with Gasteiger partial charge in [-0.25, -0.2) is 0 Å².